The number of anilines is 1. The molecule has 1 aromatic carbocycles. The predicted octanol–water partition coefficient (Wildman–Crippen LogP) is 2.74. The molecule has 94 valence electrons. The van der Waals surface area contributed by atoms with Gasteiger partial charge in [-0.3, -0.25) is 4.98 Å². The quantitative estimate of drug-likeness (QED) is 0.773. The van der Waals surface area contributed by atoms with E-state index in [1.807, 2.05) is 42.5 Å². The molecule has 5 nitrogen and oxygen atoms in total. The van der Waals surface area contributed by atoms with Gasteiger partial charge < -0.3 is 9.84 Å². The Morgan fingerprint density at radius 3 is 2.58 bits per heavy atom. The lowest BCUT2D eigenvalue weighted by Crippen LogP contribution is -1.99. The van der Waals surface area contributed by atoms with Gasteiger partial charge >= 0.3 is 6.01 Å². The summed E-state index contributed by atoms with van der Waals surface area (Å²) in [4.78, 5) is 8.23. The summed E-state index contributed by atoms with van der Waals surface area (Å²) in [6, 6.07) is 14.1. The second-order valence-corrected chi connectivity index (χ2v) is 4.00. The molecule has 2 heterocycles. The number of nitrogens with zero attached hydrogens (tertiary/aromatic N) is 3. The van der Waals surface area contributed by atoms with Gasteiger partial charge in [-0.15, -0.1) is 0 Å². The largest absolute Gasteiger partial charge is 0.334 e. The Morgan fingerprint density at radius 2 is 1.79 bits per heavy atom. The third-order valence-electron chi connectivity index (χ3n) is 2.65. The van der Waals surface area contributed by atoms with Crippen molar-refractivity contribution >= 4 is 6.01 Å². The lowest BCUT2D eigenvalue weighted by Gasteiger charge is -1.99. The van der Waals surface area contributed by atoms with Crippen molar-refractivity contribution in [2.75, 3.05) is 5.32 Å². The van der Waals surface area contributed by atoms with Gasteiger partial charge in [0.15, 0.2) is 0 Å². The zero-order chi connectivity index (χ0) is 12.9. The van der Waals surface area contributed by atoms with E-state index in [1.165, 1.54) is 0 Å². The van der Waals surface area contributed by atoms with Gasteiger partial charge in [0.1, 0.15) is 0 Å². The van der Waals surface area contributed by atoms with Gasteiger partial charge in [-0.2, -0.15) is 4.98 Å². The molecule has 0 aliphatic heterocycles. The molecular formula is C14H12N4O. The SMILES string of the molecule is c1ccc(CNc2nc(-c3ccncc3)no2)cc1. The van der Waals surface area contributed by atoms with Crippen LogP contribution in [0.5, 0.6) is 0 Å². The number of pyridine rings is 1. The Kier molecular flexibility index (Phi) is 3.18. The molecular weight excluding hydrogens is 240 g/mol. The van der Waals surface area contributed by atoms with E-state index in [0.717, 1.165) is 11.1 Å². The maximum absolute atomic E-state index is 5.15. The highest BCUT2D eigenvalue weighted by atomic mass is 16.5. The number of hydrogen-bond acceptors (Lipinski definition) is 5. The van der Waals surface area contributed by atoms with Crippen molar-refractivity contribution in [2.45, 2.75) is 6.54 Å². The van der Waals surface area contributed by atoms with Crippen molar-refractivity contribution in [1.29, 1.82) is 0 Å². The summed E-state index contributed by atoms with van der Waals surface area (Å²) in [6.07, 6.45) is 3.39. The molecule has 0 spiro atoms. The summed E-state index contributed by atoms with van der Waals surface area (Å²) < 4.78 is 5.15. The van der Waals surface area contributed by atoms with Crippen LogP contribution in [0.1, 0.15) is 5.56 Å². The molecule has 0 saturated heterocycles. The molecule has 3 aromatic rings. The van der Waals surface area contributed by atoms with Crippen molar-refractivity contribution in [3.05, 3.63) is 60.4 Å². The number of rotatable bonds is 4. The van der Waals surface area contributed by atoms with Crippen molar-refractivity contribution in [3.63, 3.8) is 0 Å². The third-order valence-corrected chi connectivity index (χ3v) is 2.65. The summed E-state index contributed by atoms with van der Waals surface area (Å²) in [5, 5.41) is 7.02. The van der Waals surface area contributed by atoms with Gasteiger partial charge in [0, 0.05) is 24.5 Å². The average molecular weight is 252 g/mol. The van der Waals surface area contributed by atoms with E-state index in [1.54, 1.807) is 12.4 Å². The summed E-state index contributed by atoms with van der Waals surface area (Å²) in [5.41, 5.74) is 2.04. The Morgan fingerprint density at radius 1 is 1.00 bits per heavy atom. The van der Waals surface area contributed by atoms with Crippen LogP contribution in [0.4, 0.5) is 6.01 Å². The maximum atomic E-state index is 5.15. The number of benzene rings is 1. The van der Waals surface area contributed by atoms with E-state index in [9.17, 15) is 0 Å². The summed E-state index contributed by atoms with van der Waals surface area (Å²) in [5.74, 6) is 0.554. The maximum Gasteiger partial charge on any atom is 0.322 e. The molecule has 3 rings (SSSR count). The van der Waals surface area contributed by atoms with Crippen molar-refractivity contribution in [1.82, 2.24) is 15.1 Å². The van der Waals surface area contributed by atoms with E-state index < -0.39 is 0 Å². The topological polar surface area (TPSA) is 63.8 Å². The minimum Gasteiger partial charge on any atom is -0.334 e. The molecule has 0 unspecified atom stereocenters. The van der Waals surface area contributed by atoms with E-state index in [4.69, 9.17) is 4.52 Å². The highest BCUT2D eigenvalue weighted by molar-refractivity contribution is 5.54. The fraction of sp³-hybridized carbons (Fsp3) is 0.0714. The van der Waals surface area contributed by atoms with E-state index in [0.29, 0.717) is 18.4 Å². The first-order chi connectivity index (χ1) is 9.42. The molecule has 0 aliphatic carbocycles. The van der Waals surface area contributed by atoms with Crippen LogP contribution in [-0.4, -0.2) is 15.1 Å². The van der Waals surface area contributed by atoms with E-state index >= 15 is 0 Å². The van der Waals surface area contributed by atoms with Crippen molar-refractivity contribution in [3.8, 4) is 11.4 Å². The standard InChI is InChI=1S/C14H12N4O/c1-2-4-11(5-3-1)10-16-14-17-13(18-19-14)12-6-8-15-9-7-12/h1-9H,10H2,(H,16,17,18). The van der Waals surface area contributed by atoms with Gasteiger partial charge in [0.05, 0.1) is 0 Å². The van der Waals surface area contributed by atoms with Crippen LogP contribution in [0.3, 0.4) is 0 Å². The Bertz CT molecular complexity index is 637. The Balaban J connectivity index is 1.69. The van der Waals surface area contributed by atoms with Crippen LogP contribution in [-0.2, 0) is 6.54 Å². The Hall–Kier alpha value is -2.69. The summed E-state index contributed by atoms with van der Waals surface area (Å²) >= 11 is 0. The minimum absolute atomic E-state index is 0.413. The van der Waals surface area contributed by atoms with Gasteiger partial charge in [-0.25, -0.2) is 0 Å². The molecule has 1 N–H and O–H groups in total. The van der Waals surface area contributed by atoms with Crippen LogP contribution in [0, 0.1) is 0 Å². The second kappa shape index (κ2) is 5.30. The summed E-state index contributed by atoms with van der Waals surface area (Å²) in [6.45, 7) is 0.652. The highest BCUT2D eigenvalue weighted by Crippen LogP contribution is 2.16. The number of nitrogens with one attached hydrogen (secondary N) is 1. The molecule has 0 bridgehead atoms. The van der Waals surface area contributed by atoms with Crippen LogP contribution in [0.2, 0.25) is 0 Å². The fourth-order valence-corrected chi connectivity index (χ4v) is 1.69. The van der Waals surface area contributed by atoms with Gasteiger partial charge in [-0.05, 0) is 17.7 Å². The van der Waals surface area contributed by atoms with Crippen LogP contribution in [0.15, 0.2) is 59.4 Å². The molecule has 0 aliphatic rings. The van der Waals surface area contributed by atoms with Crippen LogP contribution < -0.4 is 5.32 Å². The fourth-order valence-electron chi connectivity index (χ4n) is 1.69. The first kappa shape index (κ1) is 11.4. The minimum atomic E-state index is 0.413. The highest BCUT2D eigenvalue weighted by Gasteiger charge is 2.07. The lowest BCUT2D eigenvalue weighted by atomic mass is 10.2. The molecule has 5 heteroatoms. The number of aromatic nitrogens is 3. The molecule has 19 heavy (non-hydrogen) atoms. The van der Waals surface area contributed by atoms with Crippen molar-refractivity contribution < 1.29 is 4.52 Å². The molecule has 0 atom stereocenters. The Labute approximate surface area is 110 Å². The van der Waals surface area contributed by atoms with Gasteiger partial charge in [0.2, 0.25) is 5.82 Å². The molecule has 0 amide bonds. The molecule has 2 aromatic heterocycles. The smallest absolute Gasteiger partial charge is 0.322 e. The lowest BCUT2D eigenvalue weighted by molar-refractivity contribution is 0.432. The zero-order valence-electron chi connectivity index (χ0n) is 10.2. The normalized spacial score (nSPS) is 10.3. The monoisotopic (exact) mass is 252 g/mol. The average Bonchev–Trinajstić information content (AvgIpc) is 2.96. The first-order valence-corrected chi connectivity index (χ1v) is 5.94. The first-order valence-electron chi connectivity index (χ1n) is 5.94. The molecule has 0 radical (unpaired) electrons. The third kappa shape index (κ3) is 2.77. The van der Waals surface area contributed by atoms with E-state index in [-0.39, 0.29) is 0 Å². The van der Waals surface area contributed by atoms with Crippen molar-refractivity contribution in [2.24, 2.45) is 0 Å². The molecule has 0 fully saturated rings. The van der Waals surface area contributed by atoms with Crippen LogP contribution in [0.25, 0.3) is 11.4 Å². The number of hydrogen-bond donors (Lipinski definition) is 1. The predicted molar refractivity (Wildman–Crippen MR) is 71.3 cm³/mol. The van der Waals surface area contributed by atoms with E-state index in [2.05, 4.69) is 20.4 Å². The zero-order valence-corrected chi connectivity index (χ0v) is 10.2. The second-order valence-electron chi connectivity index (χ2n) is 4.00. The van der Waals surface area contributed by atoms with Gasteiger partial charge in [-0.1, -0.05) is 35.5 Å². The molecule has 0 saturated carbocycles. The summed E-state index contributed by atoms with van der Waals surface area (Å²) in [7, 11) is 0. The van der Waals surface area contributed by atoms with Gasteiger partial charge in [0.25, 0.3) is 0 Å². The van der Waals surface area contributed by atoms with Crippen LogP contribution >= 0.6 is 0 Å².